The average Bonchev–Trinajstić information content (AvgIpc) is 2.03. The number of hydrogen-bond donors (Lipinski definition) is 1. The van der Waals surface area contributed by atoms with Crippen molar-refractivity contribution in [2.75, 3.05) is 20.4 Å². The van der Waals surface area contributed by atoms with E-state index in [1.165, 1.54) is 13.2 Å². The predicted molar refractivity (Wildman–Crippen MR) is 53.7 cm³/mol. The maximum absolute atomic E-state index is 11.7. The third kappa shape index (κ3) is 2.25. The van der Waals surface area contributed by atoms with Crippen molar-refractivity contribution >= 4 is 12.4 Å². The second kappa shape index (κ2) is 3.43. The van der Waals surface area contributed by atoms with Crippen molar-refractivity contribution in [2.24, 2.45) is 0 Å². The van der Waals surface area contributed by atoms with Gasteiger partial charge in [0.1, 0.15) is 7.14 Å². The highest BCUT2D eigenvalue weighted by Crippen LogP contribution is 2.37. The smallest absolute Gasteiger partial charge is 0.161 e. The summed E-state index contributed by atoms with van der Waals surface area (Å²) in [6, 6.07) is 4.75. The van der Waals surface area contributed by atoms with Crippen molar-refractivity contribution in [1.82, 2.24) is 0 Å². The van der Waals surface area contributed by atoms with Gasteiger partial charge in [-0.1, -0.05) is 0 Å². The quantitative estimate of drug-likeness (QED) is 0.738. The van der Waals surface area contributed by atoms with Crippen molar-refractivity contribution in [3.05, 3.63) is 18.2 Å². The minimum Gasteiger partial charge on any atom is -0.504 e. The Bertz CT molecular complexity index is 354. The molecule has 0 saturated heterocycles. The molecule has 0 aliphatic carbocycles. The lowest BCUT2D eigenvalue weighted by molar-refractivity contribution is 0.374. The summed E-state index contributed by atoms with van der Waals surface area (Å²) >= 11 is 0. The van der Waals surface area contributed by atoms with E-state index in [0.29, 0.717) is 11.1 Å². The number of aromatic hydroxyl groups is 1. The van der Waals surface area contributed by atoms with Crippen LogP contribution < -0.4 is 10.0 Å². The highest BCUT2D eigenvalue weighted by molar-refractivity contribution is 7.70. The molecule has 1 rings (SSSR count). The van der Waals surface area contributed by atoms with Gasteiger partial charge in [0.15, 0.2) is 11.5 Å². The molecule has 0 aromatic heterocycles. The molecule has 72 valence electrons. The van der Waals surface area contributed by atoms with E-state index in [4.69, 9.17) is 4.74 Å². The van der Waals surface area contributed by atoms with Crippen molar-refractivity contribution < 1.29 is 14.4 Å². The standard InChI is InChI=1S/C9H13O3P/c1-12-9-6-7(13(2,3)11)4-5-8(9)10/h4-6,10H,1-3H3. The van der Waals surface area contributed by atoms with E-state index in [0.717, 1.165) is 0 Å². The number of benzene rings is 1. The summed E-state index contributed by atoms with van der Waals surface area (Å²) in [4.78, 5) is 0. The van der Waals surface area contributed by atoms with Gasteiger partial charge < -0.3 is 14.4 Å². The van der Waals surface area contributed by atoms with E-state index in [2.05, 4.69) is 0 Å². The van der Waals surface area contributed by atoms with Crippen LogP contribution in [-0.4, -0.2) is 25.5 Å². The van der Waals surface area contributed by atoms with Gasteiger partial charge in [0.05, 0.1) is 7.11 Å². The molecule has 0 bridgehead atoms. The van der Waals surface area contributed by atoms with Crippen LogP contribution in [0, 0.1) is 0 Å². The third-order valence-electron chi connectivity index (χ3n) is 1.79. The van der Waals surface area contributed by atoms with Crippen LogP contribution in [0.25, 0.3) is 0 Å². The molecule has 0 saturated carbocycles. The van der Waals surface area contributed by atoms with Crippen molar-refractivity contribution in [1.29, 1.82) is 0 Å². The van der Waals surface area contributed by atoms with Crippen molar-refractivity contribution in [3.8, 4) is 11.5 Å². The minimum absolute atomic E-state index is 0.0692. The van der Waals surface area contributed by atoms with E-state index >= 15 is 0 Å². The second-order valence-corrected chi connectivity index (χ2v) is 6.43. The van der Waals surface area contributed by atoms with Crippen LogP contribution in [0.2, 0.25) is 0 Å². The number of methoxy groups -OCH3 is 1. The van der Waals surface area contributed by atoms with Gasteiger partial charge in [-0.25, -0.2) is 0 Å². The van der Waals surface area contributed by atoms with Crippen LogP contribution in [0.4, 0.5) is 0 Å². The first-order valence-corrected chi connectivity index (χ1v) is 6.48. The van der Waals surface area contributed by atoms with Gasteiger partial charge in [-0.05, 0) is 31.5 Å². The van der Waals surface area contributed by atoms with Crippen molar-refractivity contribution in [2.45, 2.75) is 0 Å². The maximum atomic E-state index is 11.7. The summed E-state index contributed by atoms with van der Waals surface area (Å²) in [6.07, 6.45) is 0. The fourth-order valence-electron chi connectivity index (χ4n) is 1.00. The zero-order chi connectivity index (χ0) is 10.1. The summed E-state index contributed by atoms with van der Waals surface area (Å²) in [7, 11) is -0.802. The van der Waals surface area contributed by atoms with E-state index in [-0.39, 0.29) is 5.75 Å². The molecule has 0 heterocycles. The van der Waals surface area contributed by atoms with E-state index in [9.17, 15) is 9.67 Å². The SMILES string of the molecule is COc1cc(P(C)(C)=O)ccc1O. The highest BCUT2D eigenvalue weighted by Gasteiger charge is 2.13. The molecule has 0 radical (unpaired) electrons. The summed E-state index contributed by atoms with van der Waals surface area (Å²) in [5, 5.41) is 10.00. The van der Waals surface area contributed by atoms with Crippen LogP contribution in [0.15, 0.2) is 18.2 Å². The first kappa shape index (κ1) is 10.1. The molecule has 0 amide bonds. The van der Waals surface area contributed by atoms with Crippen molar-refractivity contribution in [3.63, 3.8) is 0 Å². The molecule has 0 spiro atoms. The normalized spacial score (nSPS) is 11.3. The molecule has 0 atom stereocenters. The Hall–Kier alpha value is -0.950. The molecule has 13 heavy (non-hydrogen) atoms. The Morgan fingerprint density at radius 1 is 1.38 bits per heavy atom. The zero-order valence-corrected chi connectivity index (χ0v) is 8.84. The molecule has 0 aliphatic heterocycles. The van der Waals surface area contributed by atoms with Gasteiger partial charge >= 0.3 is 0 Å². The van der Waals surface area contributed by atoms with Gasteiger partial charge in [0.25, 0.3) is 0 Å². The fraction of sp³-hybridized carbons (Fsp3) is 0.333. The summed E-state index contributed by atoms with van der Waals surface area (Å²) in [5.74, 6) is 0.432. The topological polar surface area (TPSA) is 46.5 Å². The lowest BCUT2D eigenvalue weighted by atomic mass is 10.3. The van der Waals surface area contributed by atoms with Crippen LogP contribution >= 0.6 is 7.14 Å². The Balaban J connectivity index is 3.22. The zero-order valence-electron chi connectivity index (χ0n) is 7.94. The minimum atomic E-state index is -2.27. The van der Waals surface area contributed by atoms with Crippen LogP contribution in [0.5, 0.6) is 11.5 Å². The van der Waals surface area contributed by atoms with Crippen LogP contribution in [0.3, 0.4) is 0 Å². The van der Waals surface area contributed by atoms with Gasteiger partial charge in [-0.3, -0.25) is 0 Å². The Kier molecular flexibility index (Phi) is 2.67. The van der Waals surface area contributed by atoms with E-state index in [1.807, 2.05) is 0 Å². The average molecular weight is 200 g/mol. The molecule has 1 aromatic carbocycles. The number of hydrogen-bond acceptors (Lipinski definition) is 3. The van der Waals surface area contributed by atoms with E-state index < -0.39 is 7.14 Å². The van der Waals surface area contributed by atoms with Gasteiger partial charge in [-0.15, -0.1) is 0 Å². The predicted octanol–water partition coefficient (Wildman–Crippen LogP) is 1.65. The fourth-order valence-corrected chi connectivity index (χ4v) is 1.86. The number of rotatable bonds is 2. The molecule has 0 aliphatic rings. The molecular weight excluding hydrogens is 187 g/mol. The second-order valence-electron chi connectivity index (χ2n) is 3.21. The van der Waals surface area contributed by atoms with Gasteiger partial charge in [0, 0.05) is 5.30 Å². The summed E-state index contributed by atoms with van der Waals surface area (Å²) in [6.45, 7) is 3.36. The monoisotopic (exact) mass is 200 g/mol. The third-order valence-corrected chi connectivity index (χ3v) is 3.31. The maximum Gasteiger partial charge on any atom is 0.161 e. The lowest BCUT2D eigenvalue weighted by Crippen LogP contribution is -2.02. The Morgan fingerprint density at radius 3 is 2.46 bits per heavy atom. The number of phenols is 1. The van der Waals surface area contributed by atoms with Crippen LogP contribution in [-0.2, 0) is 4.57 Å². The molecule has 0 unspecified atom stereocenters. The molecular formula is C9H13O3P. The molecule has 0 fully saturated rings. The summed E-state index contributed by atoms with van der Waals surface area (Å²) in [5.41, 5.74) is 0. The Labute approximate surface area is 77.7 Å². The first-order chi connectivity index (χ1) is 5.95. The highest BCUT2D eigenvalue weighted by atomic mass is 31.2. The lowest BCUT2D eigenvalue weighted by Gasteiger charge is -2.09. The van der Waals surface area contributed by atoms with Gasteiger partial charge in [0.2, 0.25) is 0 Å². The number of ether oxygens (including phenoxy) is 1. The molecule has 1 aromatic rings. The van der Waals surface area contributed by atoms with Crippen LogP contribution in [0.1, 0.15) is 0 Å². The molecule has 1 N–H and O–H groups in total. The molecule has 4 heteroatoms. The Morgan fingerprint density at radius 2 is 2.00 bits per heavy atom. The number of phenolic OH excluding ortho intramolecular Hbond substituents is 1. The van der Waals surface area contributed by atoms with Gasteiger partial charge in [-0.2, -0.15) is 0 Å². The summed E-state index contributed by atoms with van der Waals surface area (Å²) < 4.78 is 16.6. The largest absolute Gasteiger partial charge is 0.504 e. The van der Waals surface area contributed by atoms with E-state index in [1.54, 1.807) is 25.5 Å². The molecule has 3 nitrogen and oxygen atoms in total. The first-order valence-electron chi connectivity index (χ1n) is 3.87.